The highest BCUT2D eigenvalue weighted by atomic mass is 35.5. The predicted molar refractivity (Wildman–Crippen MR) is 130 cm³/mol. The highest BCUT2D eigenvalue weighted by Crippen LogP contribution is 2.58. The molecule has 7 heteroatoms. The number of aliphatic hydroxyl groups excluding tert-OH is 2. The van der Waals surface area contributed by atoms with Gasteiger partial charge in [-0.2, -0.15) is 0 Å². The second kappa shape index (κ2) is 12.3. The molecule has 4 nitrogen and oxygen atoms in total. The largest absolute Gasteiger partial charge is 1.00 e. The van der Waals surface area contributed by atoms with Crippen molar-refractivity contribution < 1.29 is 45.1 Å². The minimum Gasteiger partial charge on any atom is -1.00 e. The molecule has 0 saturated carbocycles. The maximum atomic E-state index is 10.5. The quantitative estimate of drug-likeness (QED) is 0.230. The molecule has 0 fully saturated rings. The van der Waals surface area contributed by atoms with Gasteiger partial charge in [0.05, 0.1) is 18.8 Å². The van der Waals surface area contributed by atoms with E-state index in [4.69, 9.17) is 0 Å². The standard InChI is InChI=1S/C27H26NO3P.2ClH/c1-20-27(31)25(18-30)24(17-29)26(28-20)19-32(21-11-5-2-6-12-21,22-13-7-3-8-14-22)23-15-9-4-10-16-23;;/h2-16,29-30H,17-19H2,1H3;2*1H. The number of aromatic nitrogens is 1. The van der Waals surface area contributed by atoms with Crippen molar-refractivity contribution in [2.75, 3.05) is 0 Å². The van der Waals surface area contributed by atoms with E-state index in [0.717, 1.165) is 5.69 Å². The first-order valence-electron chi connectivity index (χ1n) is 10.6. The number of pyridine rings is 1. The molecule has 4 rings (SSSR count). The van der Waals surface area contributed by atoms with Gasteiger partial charge in [0.15, 0.2) is 11.9 Å². The van der Waals surface area contributed by atoms with E-state index < -0.39 is 7.26 Å². The minimum atomic E-state index is -2.19. The van der Waals surface area contributed by atoms with Crippen LogP contribution in [0.15, 0.2) is 91.0 Å². The minimum absolute atomic E-state index is 0. The molecule has 4 N–H and O–H groups in total. The normalized spacial score (nSPS) is 10.8. The van der Waals surface area contributed by atoms with Crippen molar-refractivity contribution in [1.82, 2.24) is 0 Å². The molecule has 0 spiro atoms. The van der Waals surface area contributed by atoms with Crippen molar-refractivity contribution in [3.63, 3.8) is 0 Å². The summed E-state index contributed by atoms with van der Waals surface area (Å²) in [6, 6.07) is 31.5. The third-order valence-electron chi connectivity index (χ3n) is 6.01. The van der Waals surface area contributed by atoms with E-state index >= 15 is 0 Å². The lowest BCUT2D eigenvalue weighted by Gasteiger charge is -2.27. The molecule has 0 amide bonds. The number of H-pyrrole nitrogens is 1. The van der Waals surface area contributed by atoms with E-state index in [-0.39, 0.29) is 43.8 Å². The van der Waals surface area contributed by atoms with Gasteiger partial charge in [0.2, 0.25) is 11.4 Å². The van der Waals surface area contributed by atoms with Crippen LogP contribution in [-0.2, 0) is 19.4 Å². The van der Waals surface area contributed by atoms with Gasteiger partial charge in [-0.05, 0) is 36.4 Å². The van der Waals surface area contributed by atoms with Crippen LogP contribution in [0.1, 0.15) is 22.5 Å². The number of nitrogens with one attached hydrogen (secondary N) is 1. The van der Waals surface area contributed by atoms with Crippen LogP contribution >= 0.6 is 7.26 Å². The van der Waals surface area contributed by atoms with Crippen LogP contribution in [0.5, 0.6) is 5.75 Å². The Kier molecular flexibility index (Phi) is 10.1. The highest BCUT2D eigenvalue weighted by Gasteiger charge is 2.48. The number of hydrogen-bond acceptors (Lipinski definition) is 3. The fourth-order valence-electron chi connectivity index (χ4n) is 4.41. The number of hydrogen-bond donors (Lipinski definition) is 3. The van der Waals surface area contributed by atoms with Crippen molar-refractivity contribution in [3.8, 4) is 5.75 Å². The molecule has 0 bridgehead atoms. The average Bonchev–Trinajstić information content (AvgIpc) is 2.86. The van der Waals surface area contributed by atoms with Crippen molar-refractivity contribution in [2.24, 2.45) is 0 Å². The first kappa shape index (κ1) is 27.8. The Morgan fingerprint density at radius 2 is 1.03 bits per heavy atom. The van der Waals surface area contributed by atoms with Gasteiger partial charge in [-0.25, -0.2) is 4.98 Å². The Morgan fingerprint density at radius 3 is 1.38 bits per heavy atom. The molecule has 4 aromatic rings. The molecule has 0 unspecified atom stereocenters. The highest BCUT2D eigenvalue weighted by molar-refractivity contribution is 7.95. The number of aromatic amines is 1. The van der Waals surface area contributed by atoms with Crippen molar-refractivity contribution in [1.29, 1.82) is 0 Å². The average molecular weight is 516 g/mol. The number of aromatic hydroxyl groups is 1. The van der Waals surface area contributed by atoms with Gasteiger partial charge in [0, 0.05) is 12.5 Å². The Bertz CT molecular complexity index is 1100. The number of aliphatic hydroxyl groups is 2. The Morgan fingerprint density at radius 1 is 0.647 bits per heavy atom. The third-order valence-corrected chi connectivity index (χ3v) is 10.3. The zero-order valence-electron chi connectivity index (χ0n) is 18.8. The zero-order chi connectivity index (χ0) is 22.6. The SMILES string of the molecule is Cc1[nH+]c(C[P+](c2ccccc2)(c2ccccc2)c2ccccc2)c(CO)c(CO)c1O.[Cl-].[Cl-]. The van der Waals surface area contributed by atoms with E-state index in [0.29, 0.717) is 23.0 Å². The lowest BCUT2D eigenvalue weighted by Crippen LogP contribution is -3.00. The van der Waals surface area contributed by atoms with Crippen LogP contribution in [-0.4, -0.2) is 15.3 Å². The maximum absolute atomic E-state index is 10.5. The van der Waals surface area contributed by atoms with Crippen LogP contribution < -0.4 is 45.7 Å². The van der Waals surface area contributed by atoms with Gasteiger partial charge in [-0.1, -0.05) is 54.6 Å². The fourth-order valence-corrected chi connectivity index (χ4v) is 8.64. The molecule has 0 radical (unpaired) electrons. The summed E-state index contributed by atoms with van der Waals surface area (Å²) < 4.78 is 0. The summed E-state index contributed by atoms with van der Waals surface area (Å²) in [6.07, 6.45) is 0.620. The van der Waals surface area contributed by atoms with Gasteiger partial charge in [-0.3, -0.25) is 0 Å². The number of halogens is 2. The summed E-state index contributed by atoms with van der Waals surface area (Å²) in [5, 5.41) is 34.4. The predicted octanol–water partition coefficient (Wildman–Crippen LogP) is -3.00. The molecule has 0 aliphatic rings. The van der Waals surface area contributed by atoms with E-state index in [1.54, 1.807) is 6.92 Å². The van der Waals surface area contributed by atoms with Crippen molar-refractivity contribution >= 4 is 23.2 Å². The summed E-state index contributed by atoms with van der Waals surface area (Å²) >= 11 is 0. The molecule has 0 aliphatic carbocycles. The molecule has 1 aromatic heterocycles. The van der Waals surface area contributed by atoms with Crippen LogP contribution in [0.3, 0.4) is 0 Å². The summed E-state index contributed by atoms with van der Waals surface area (Å²) in [6.45, 7) is 1.18. The van der Waals surface area contributed by atoms with Crippen LogP contribution in [0.4, 0.5) is 0 Å². The van der Waals surface area contributed by atoms with E-state index in [1.807, 2.05) is 18.2 Å². The second-order valence-corrected chi connectivity index (χ2v) is 11.3. The zero-order valence-corrected chi connectivity index (χ0v) is 21.2. The molecule has 1 heterocycles. The molecule has 34 heavy (non-hydrogen) atoms. The lowest BCUT2D eigenvalue weighted by atomic mass is 10.1. The van der Waals surface area contributed by atoms with Gasteiger partial charge in [0.1, 0.15) is 23.2 Å². The number of rotatable bonds is 7. The van der Waals surface area contributed by atoms with Crippen LogP contribution in [0, 0.1) is 6.92 Å². The summed E-state index contributed by atoms with van der Waals surface area (Å²) in [5.74, 6) is 0.00312. The van der Waals surface area contributed by atoms with E-state index in [1.165, 1.54) is 15.9 Å². The van der Waals surface area contributed by atoms with E-state index in [2.05, 4.69) is 77.8 Å². The smallest absolute Gasteiger partial charge is 0.224 e. The molecule has 3 aromatic carbocycles. The molecule has 0 saturated heterocycles. The second-order valence-electron chi connectivity index (χ2n) is 7.83. The monoisotopic (exact) mass is 515 g/mol. The van der Waals surface area contributed by atoms with Gasteiger partial charge >= 0.3 is 0 Å². The Hall–Kier alpha value is -2.46. The van der Waals surface area contributed by atoms with Gasteiger partial charge in [0.25, 0.3) is 0 Å². The maximum Gasteiger partial charge on any atom is 0.224 e. The number of aryl methyl sites for hydroxylation is 1. The first-order chi connectivity index (χ1) is 15.6. The van der Waals surface area contributed by atoms with E-state index in [9.17, 15) is 15.3 Å². The number of benzene rings is 3. The summed E-state index contributed by atoms with van der Waals surface area (Å²) in [5.41, 5.74) is 2.35. The Balaban J connectivity index is 0.00000204. The fraction of sp³-hybridized carbons (Fsp3) is 0.148. The Labute approximate surface area is 213 Å². The molecular formula is C27H28Cl2NO3P. The van der Waals surface area contributed by atoms with Crippen LogP contribution in [0.25, 0.3) is 0 Å². The van der Waals surface area contributed by atoms with Crippen molar-refractivity contribution in [2.45, 2.75) is 26.3 Å². The topological polar surface area (TPSA) is 74.8 Å². The van der Waals surface area contributed by atoms with Crippen LogP contribution in [0.2, 0.25) is 0 Å². The summed E-state index contributed by atoms with van der Waals surface area (Å²) in [7, 11) is -2.19. The first-order valence-corrected chi connectivity index (χ1v) is 12.6. The van der Waals surface area contributed by atoms with Gasteiger partial charge < -0.3 is 40.1 Å². The molecular weight excluding hydrogens is 488 g/mol. The third kappa shape index (κ3) is 5.12. The van der Waals surface area contributed by atoms with Crippen molar-refractivity contribution in [3.05, 3.63) is 114 Å². The molecule has 178 valence electrons. The molecule has 0 atom stereocenters. The molecule has 0 aliphatic heterocycles. The lowest BCUT2D eigenvalue weighted by molar-refractivity contribution is -0.400. The van der Waals surface area contributed by atoms with Gasteiger partial charge in [-0.15, -0.1) is 0 Å². The summed E-state index contributed by atoms with van der Waals surface area (Å²) in [4.78, 5) is 3.34.